The van der Waals surface area contributed by atoms with Crippen LogP contribution in [0.2, 0.25) is 0 Å². The fourth-order valence-electron chi connectivity index (χ4n) is 4.65. The average molecular weight is 415 g/mol. The van der Waals surface area contributed by atoms with Crippen LogP contribution in [-0.4, -0.2) is 56.0 Å². The Hall–Kier alpha value is -2.71. The summed E-state index contributed by atoms with van der Waals surface area (Å²) in [6, 6.07) is 9.51. The van der Waals surface area contributed by atoms with Crippen molar-refractivity contribution in [2.24, 2.45) is 5.73 Å². The third kappa shape index (κ3) is 3.97. The zero-order valence-corrected chi connectivity index (χ0v) is 17.5. The lowest BCUT2D eigenvalue weighted by Crippen LogP contribution is -2.50. The van der Waals surface area contributed by atoms with Gasteiger partial charge in [0.1, 0.15) is 5.69 Å². The molecular formula is C22H30N4O4. The molecule has 30 heavy (non-hydrogen) atoms. The molecule has 2 atom stereocenters. The van der Waals surface area contributed by atoms with Gasteiger partial charge in [0.2, 0.25) is 0 Å². The summed E-state index contributed by atoms with van der Waals surface area (Å²) in [4.78, 5) is 23.8. The maximum atomic E-state index is 12.9. The number of carbonyl (C=O) groups excluding carboxylic acids is 1. The normalized spacial score (nSPS) is 21.7. The highest BCUT2D eigenvalue weighted by Gasteiger charge is 2.51. The van der Waals surface area contributed by atoms with Crippen molar-refractivity contribution in [1.82, 2.24) is 14.7 Å². The molecular weight excluding hydrogens is 384 g/mol. The van der Waals surface area contributed by atoms with E-state index in [0.29, 0.717) is 18.8 Å². The summed E-state index contributed by atoms with van der Waals surface area (Å²) < 4.78 is 1.78. The number of aliphatic hydroxyl groups is 1. The minimum Gasteiger partial charge on any atom is -0.481 e. The van der Waals surface area contributed by atoms with Crippen molar-refractivity contribution in [3.05, 3.63) is 53.3 Å². The second kappa shape index (κ2) is 8.97. The van der Waals surface area contributed by atoms with Crippen LogP contribution in [0.3, 0.4) is 0 Å². The van der Waals surface area contributed by atoms with E-state index in [4.69, 9.17) is 15.6 Å². The largest absolute Gasteiger partial charge is 0.481 e. The number of aromatic nitrogens is 2. The maximum absolute atomic E-state index is 12.9. The van der Waals surface area contributed by atoms with Crippen molar-refractivity contribution in [3.8, 4) is 0 Å². The Bertz CT molecular complexity index is 898. The van der Waals surface area contributed by atoms with E-state index >= 15 is 0 Å². The molecule has 0 radical (unpaired) electrons. The molecule has 8 nitrogen and oxygen atoms in total. The van der Waals surface area contributed by atoms with E-state index in [2.05, 4.69) is 18.1 Å². The van der Waals surface area contributed by atoms with Crippen LogP contribution in [0.15, 0.2) is 36.5 Å². The molecule has 2 aromatic rings. The van der Waals surface area contributed by atoms with E-state index in [1.54, 1.807) is 16.9 Å². The number of carboxylic acids is 1. The number of hydrogen-bond acceptors (Lipinski definition) is 5. The number of aliphatic hydroxyl groups excluding tert-OH is 1. The fourth-order valence-corrected chi connectivity index (χ4v) is 4.65. The van der Waals surface area contributed by atoms with Gasteiger partial charge in [-0.3, -0.25) is 14.3 Å². The van der Waals surface area contributed by atoms with E-state index in [1.165, 1.54) is 0 Å². The monoisotopic (exact) mass is 414 g/mol. The number of benzene rings is 1. The van der Waals surface area contributed by atoms with Crippen LogP contribution in [0, 0.1) is 0 Å². The van der Waals surface area contributed by atoms with Crippen LogP contribution in [-0.2, 0) is 16.8 Å². The third-order valence-corrected chi connectivity index (χ3v) is 6.08. The van der Waals surface area contributed by atoms with Gasteiger partial charge in [0.15, 0.2) is 0 Å². The summed E-state index contributed by atoms with van der Waals surface area (Å²) in [6.07, 6.45) is 3.48. The second-order valence-electron chi connectivity index (χ2n) is 7.96. The number of carboxylic acid groups (broad SMARTS) is 1. The predicted octanol–water partition coefficient (Wildman–Crippen LogP) is 1.93. The number of amides is 1. The molecule has 1 fully saturated rings. The summed E-state index contributed by atoms with van der Waals surface area (Å²) in [7, 11) is 0. The number of nitrogens with two attached hydrogens (primary N) is 1. The van der Waals surface area contributed by atoms with Crippen molar-refractivity contribution >= 4 is 11.9 Å². The van der Waals surface area contributed by atoms with E-state index in [0.717, 1.165) is 43.9 Å². The molecule has 2 heterocycles. The van der Waals surface area contributed by atoms with Crippen LogP contribution in [0.4, 0.5) is 0 Å². The van der Waals surface area contributed by atoms with Gasteiger partial charge < -0.3 is 20.8 Å². The summed E-state index contributed by atoms with van der Waals surface area (Å²) >= 11 is 0. The number of nitrogens with zero attached hydrogens (tertiary/aromatic N) is 3. The van der Waals surface area contributed by atoms with Gasteiger partial charge >= 0.3 is 0 Å². The highest BCUT2D eigenvalue weighted by atomic mass is 16.4. The first kappa shape index (κ1) is 22.0. The molecule has 1 spiro atoms. The number of fused-ring (bicyclic) bond motifs is 2. The first-order valence-corrected chi connectivity index (χ1v) is 10.4. The van der Waals surface area contributed by atoms with Crippen molar-refractivity contribution in [2.45, 2.75) is 57.2 Å². The molecule has 2 aliphatic rings. The highest BCUT2D eigenvalue weighted by molar-refractivity contribution is 5.92. The summed E-state index contributed by atoms with van der Waals surface area (Å²) in [5, 5.41) is 22.5. The minimum absolute atomic E-state index is 0.0240. The standard InChI is InChI=1S/C20H26N4O2.C2H4O2/c1-2-11-24-16(7-10-22-24)19(26)23-12-8-20(9-13-23)15-6-4-3-5-14(15)17(21)18(20)25;1-2(3)4/h3-7,10,17-18,25H,2,8-9,11-13,21H2,1H3;1H3,(H,3,4)/t17-,18+;/m1./s1. The number of hydrogen-bond donors (Lipinski definition) is 3. The lowest BCUT2D eigenvalue weighted by atomic mass is 9.72. The van der Waals surface area contributed by atoms with Crippen LogP contribution in [0.1, 0.15) is 60.8 Å². The van der Waals surface area contributed by atoms with E-state index in [-0.39, 0.29) is 17.4 Å². The lowest BCUT2D eigenvalue weighted by molar-refractivity contribution is -0.134. The zero-order chi connectivity index (χ0) is 21.9. The molecule has 1 aromatic carbocycles. The van der Waals surface area contributed by atoms with Crippen molar-refractivity contribution in [1.29, 1.82) is 0 Å². The number of aryl methyl sites for hydroxylation is 1. The molecule has 1 aliphatic carbocycles. The predicted molar refractivity (Wildman–Crippen MR) is 112 cm³/mol. The van der Waals surface area contributed by atoms with Gasteiger partial charge in [-0.1, -0.05) is 31.2 Å². The zero-order valence-electron chi connectivity index (χ0n) is 17.5. The number of rotatable bonds is 3. The molecule has 1 aliphatic heterocycles. The summed E-state index contributed by atoms with van der Waals surface area (Å²) in [5.41, 5.74) is 8.78. The number of likely N-dealkylation sites (tertiary alicyclic amines) is 1. The van der Waals surface area contributed by atoms with Gasteiger partial charge in [-0.05, 0) is 36.5 Å². The molecule has 1 aromatic heterocycles. The Morgan fingerprint density at radius 2 is 1.87 bits per heavy atom. The number of carbonyl (C=O) groups is 2. The highest BCUT2D eigenvalue weighted by Crippen LogP contribution is 2.50. The first-order valence-electron chi connectivity index (χ1n) is 10.4. The van der Waals surface area contributed by atoms with Gasteiger partial charge in [0.05, 0.1) is 12.1 Å². The fraction of sp³-hybridized carbons (Fsp3) is 0.500. The van der Waals surface area contributed by atoms with Gasteiger partial charge in [-0.2, -0.15) is 5.10 Å². The smallest absolute Gasteiger partial charge is 0.300 e. The van der Waals surface area contributed by atoms with Crippen LogP contribution < -0.4 is 5.73 Å². The first-order chi connectivity index (χ1) is 14.3. The Morgan fingerprint density at radius 1 is 1.23 bits per heavy atom. The number of aliphatic carboxylic acids is 1. The molecule has 162 valence electrons. The van der Waals surface area contributed by atoms with Crippen LogP contribution >= 0.6 is 0 Å². The average Bonchev–Trinajstić information content (AvgIpc) is 3.27. The SMILES string of the molecule is CC(=O)O.CCCn1nccc1C(=O)N1CCC2(CC1)c1ccccc1[C@@H](N)[C@@H]2O. The molecule has 0 saturated carbocycles. The van der Waals surface area contributed by atoms with E-state index in [9.17, 15) is 9.90 Å². The van der Waals surface area contributed by atoms with Crippen molar-refractivity contribution in [3.63, 3.8) is 0 Å². The van der Waals surface area contributed by atoms with Gasteiger partial charge in [0, 0.05) is 38.2 Å². The van der Waals surface area contributed by atoms with Crippen LogP contribution in [0.25, 0.3) is 0 Å². The minimum atomic E-state index is -0.833. The Kier molecular flexibility index (Phi) is 6.58. The van der Waals surface area contributed by atoms with Crippen molar-refractivity contribution < 1.29 is 19.8 Å². The van der Waals surface area contributed by atoms with Crippen LogP contribution in [0.5, 0.6) is 0 Å². The molecule has 4 rings (SSSR count). The van der Waals surface area contributed by atoms with Gasteiger partial charge in [0.25, 0.3) is 11.9 Å². The molecule has 0 bridgehead atoms. The lowest BCUT2D eigenvalue weighted by Gasteiger charge is -2.42. The maximum Gasteiger partial charge on any atom is 0.300 e. The third-order valence-electron chi connectivity index (χ3n) is 6.08. The topological polar surface area (TPSA) is 122 Å². The van der Waals surface area contributed by atoms with E-state index in [1.807, 2.05) is 23.1 Å². The molecule has 8 heteroatoms. The Balaban J connectivity index is 0.000000589. The molecule has 0 unspecified atom stereocenters. The van der Waals surface area contributed by atoms with E-state index < -0.39 is 12.1 Å². The molecule has 4 N–H and O–H groups in total. The van der Waals surface area contributed by atoms with Gasteiger partial charge in [-0.15, -0.1) is 0 Å². The second-order valence-corrected chi connectivity index (χ2v) is 7.96. The molecule has 1 amide bonds. The number of piperidine rings is 1. The van der Waals surface area contributed by atoms with Gasteiger partial charge in [-0.25, -0.2) is 0 Å². The Labute approximate surface area is 176 Å². The quantitative estimate of drug-likeness (QED) is 0.706. The summed E-state index contributed by atoms with van der Waals surface area (Å²) in [6.45, 7) is 5.14. The van der Waals surface area contributed by atoms with Crippen molar-refractivity contribution in [2.75, 3.05) is 13.1 Å². The Morgan fingerprint density at radius 3 is 2.50 bits per heavy atom. The summed E-state index contributed by atoms with van der Waals surface area (Å²) in [5.74, 6) is -0.809. The molecule has 1 saturated heterocycles.